The molecule has 0 N–H and O–H groups in total. The van der Waals surface area contributed by atoms with Gasteiger partial charge in [-0.15, -0.1) is 0 Å². The van der Waals surface area contributed by atoms with E-state index in [-0.39, 0.29) is 11.3 Å². The fourth-order valence-corrected chi connectivity index (χ4v) is 3.34. The normalized spacial score (nSPS) is 13.5. The highest BCUT2D eigenvalue weighted by Crippen LogP contribution is 2.20. The Bertz CT molecular complexity index is 1120. The van der Waals surface area contributed by atoms with Crippen molar-refractivity contribution in [2.75, 3.05) is 38.2 Å². The third-order valence-electron chi connectivity index (χ3n) is 5.05. The molecule has 1 aromatic carbocycles. The molecule has 168 valence electrons. The van der Waals surface area contributed by atoms with Gasteiger partial charge in [-0.1, -0.05) is 0 Å². The van der Waals surface area contributed by atoms with Crippen molar-refractivity contribution in [3.05, 3.63) is 72.7 Å². The molecule has 0 bridgehead atoms. The number of hydrogen-bond acceptors (Lipinski definition) is 9. The fraction of sp³-hybridized carbons (Fsp3) is 0.316. The highest BCUT2D eigenvalue weighted by atomic mass is 16.6. The summed E-state index contributed by atoms with van der Waals surface area (Å²) in [6, 6.07) is 6.89. The highest BCUT2D eigenvalue weighted by molar-refractivity contribution is 5.89. The number of ether oxygens (including phenoxy) is 1. The molecule has 0 radical (unpaired) electrons. The molecule has 0 atom stereocenters. The van der Waals surface area contributed by atoms with Gasteiger partial charge < -0.3 is 14.5 Å². The van der Waals surface area contributed by atoms with Crippen LogP contribution in [0.15, 0.2) is 41.3 Å². The number of esters is 1. The number of pyridine rings is 1. The van der Waals surface area contributed by atoms with Crippen LogP contribution in [0.2, 0.25) is 0 Å². The van der Waals surface area contributed by atoms with Gasteiger partial charge in [-0.2, -0.15) is 0 Å². The average Bonchev–Trinajstić information content (AvgIpc) is 2.79. The number of nitrogens with zero attached hydrogens (tertiary/aromatic N) is 5. The minimum atomic E-state index is -1.000. The summed E-state index contributed by atoms with van der Waals surface area (Å²) < 4.78 is 5.38. The largest absolute Gasteiger partial charge is 0.465 e. The molecular weight excluding hydrogens is 426 g/mol. The van der Waals surface area contributed by atoms with Crippen molar-refractivity contribution < 1.29 is 24.2 Å². The number of methoxy groups -OCH3 is 1. The van der Waals surface area contributed by atoms with E-state index in [1.54, 1.807) is 12.1 Å². The zero-order chi connectivity index (χ0) is 23.4. The number of piperazine rings is 1. The molecule has 0 spiro atoms. The first-order valence-corrected chi connectivity index (χ1v) is 9.45. The molecule has 32 heavy (non-hydrogen) atoms. The van der Waals surface area contributed by atoms with E-state index in [1.165, 1.54) is 17.0 Å². The van der Waals surface area contributed by atoms with E-state index < -0.39 is 39.5 Å². The van der Waals surface area contributed by atoms with E-state index in [2.05, 4.69) is 4.74 Å². The monoisotopic (exact) mass is 445 g/mol. The van der Waals surface area contributed by atoms with Crippen LogP contribution in [-0.2, 0) is 16.1 Å². The molecule has 0 aliphatic carbocycles. The number of carbonyl (C=O) groups is 2. The quantitative estimate of drug-likeness (QED) is 0.356. The number of anilines is 1. The van der Waals surface area contributed by atoms with Crippen LogP contribution >= 0.6 is 0 Å². The van der Waals surface area contributed by atoms with Crippen LogP contribution in [0.4, 0.5) is 17.1 Å². The number of nitro groups is 2. The standard InChI is InChI=1S/C19H19N5O8/c1-32-19(27)13-10-16(24(30)31)18(26)22(11-13)12-17(25)21-8-6-20(7-9-21)14-2-4-15(5-3-14)23(28)29/h2-5,10-11H,6-9,12H2,1H3. The van der Waals surface area contributed by atoms with Crippen LogP contribution in [0.5, 0.6) is 0 Å². The van der Waals surface area contributed by atoms with E-state index in [9.17, 15) is 34.6 Å². The number of non-ortho nitro benzene ring substituents is 1. The van der Waals surface area contributed by atoms with Crippen LogP contribution in [-0.4, -0.2) is 64.5 Å². The second-order valence-electron chi connectivity index (χ2n) is 6.94. The number of rotatable bonds is 6. The lowest BCUT2D eigenvalue weighted by atomic mass is 10.2. The molecule has 1 aliphatic heterocycles. The number of benzene rings is 1. The molecule has 0 saturated carbocycles. The van der Waals surface area contributed by atoms with Crippen LogP contribution in [0.25, 0.3) is 0 Å². The van der Waals surface area contributed by atoms with Gasteiger partial charge in [0, 0.05) is 56.3 Å². The highest BCUT2D eigenvalue weighted by Gasteiger charge is 2.25. The second-order valence-corrected chi connectivity index (χ2v) is 6.94. The average molecular weight is 445 g/mol. The number of nitro benzene ring substituents is 1. The van der Waals surface area contributed by atoms with Crippen LogP contribution in [0.3, 0.4) is 0 Å². The Morgan fingerprint density at radius 1 is 1.03 bits per heavy atom. The molecule has 1 aliphatic rings. The summed E-state index contributed by atoms with van der Waals surface area (Å²) >= 11 is 0. The Hall–Kier alpha value is -4.29. The zero-order valence-corrected chi connectivity index (χ0v) is 17.0. The second kappa shape index (κ2) is 9.24. The van der Waals surface area contributed by atoms with Crippen LogP contribution in [0.1, 0.15) is 10.4 Å². The SMILES string of the molecule is COC(=O)c1cc([N+](=O)[O-])c(=O)n(CC(=O)N2CCN(c3ccc([N+](=O)[O-])cc3)CC2)c1. The lowest BCUT2D eigenvalue weighted by molar-refractivity contribution is -0.386. The van der Waals surface area contributed by atoms with E-state index in [0.29, 0.717) is 26.2 Å². The topological polar surface area (TPSA) is 158 Å². The summed E-state index contributed by atoms with van der Waals surface area (Å²) in [5.74, 6) is -1.31. The zero-order valence-electron chi connectivity index (χ0n) is 17.0. The third-order valence-corrected chi connectivity index (χ3v) is 5.05. The molecule has 1 fully saturated rings. The molecule has 1 aromatic heterocycles. The van der Waals surface area contributed by atoms with Gasteiger partial charge >= 0.3 is 17.2 Å². The van der Waals surface area contributed by atoms with Gasteiger partial charge in [-0.05, 0) is 12.1 Å². The minimum Gasteiger partial charge on any atom is -0.465 e. The van der Waals surface area contributed by atoms with Crippen molar-refractivity contribution in [3.63, 3.8) is 0 Å². The summed E-state index contributed by atoms with van der Waals surface area (Å²) in [6.45, 7) is 1.09. The van der Waals surface area contributed by atoms with Gasteiger partial charge in [-0.3, -0.25) is 34.4 Å². The smallest absolute Gasteiger partial charge is 0.339 e. The van der Waals surface area contributed by atoms with Crippen molar-refractivity contribution in [1.29, 1.82) is 0 Å². The lowest BCUT2D eigenvalue weighted by Gasteiger charge is -2.36. The first-order valence-electron chi connectivity index (χ1n) is 9.45. The predicted octanol–water partition coefficient (Wildman–Crippen LogP) is 0.800. The fourth-order valence-electron chi connectivity index (χ4n) is 3.34. The molecule has 13 heteroatoms. The molecule has 13 nitrogen and oxygen atoms in total. The molecular formula is C19H19N5O8. The van der Waals surface area contributed by atoms with E-state index in [1.807, 2.05) is 4.90 Å². The van der Waals surface area contributed by atoms with E-state index in [4.69, 9.17) is 0 Å². The Balaban J connectivity index is 1.70. The van der Waals surface area contributed by atoms with Crippen molar-refractivity contribution in [2.24, 2.45) is 0 Å². The summed E-state index contributed by atoms with van der Waals surface area (Å²) in [5.41, 5.74) is -1.28. The number of aromatic nitrogens is 1. The van der Waals surface area contributed by atoms with Gasteiger partial charge in [0.2, 0.25) is 5.91 Å². The Kier molecular flexibility index (Phi) is 6.47. The van der Waals surface area contributed by atoms with Crippen molar-refractivity contribution in [3.8, 4) is 0 Å². The van der Waals surface area contributed by atoms with E-state index >= 15 is 0 Å². The number of amides is 1. The van der Waals surface area contributed by atoms with Gasteiger partial charge in [0.25, 0.3) is 5.69 Å². The first-order chi connectivity index (χ1) is 15.2. The minimum absolute atomic E-state index is 0.0173. The Morgan fingerprint density at radius 3 is 2.19 bits per heavy atom. The van der Waals surface area contributed by atoms with E-state index in [0.717, 1.165) is 29.6 Å². The Labute approximate surface area is 180 Å². The third kappa shape index (κ3) is 4.71. The van der Waals surface area contributed by atoms with Crippen molar-refractivity contribution >= 4 is 28.9 Å². The molecule has 2 aromatic rings. The van der Waals surface area contributed by atoms with Gasteiger partial charge in [0.05, 0.1) is 22.5 Å². The summed E-state index contributed by atoms with van der Waals surface area (Å²) in [5, 5.41) is 21.9. The first kappa shape index (κ1) is 22.4. The molecule has 1 amide bonds. The van der Waals surface area contributed by atoms with Crippen LogP contribution in [0, 0.1) is 20.2 Å². The molecule has 0 unspecified atom stereocenters. The summed E-state index contributed by atoms with van der Waals surface area (Å²) in [7, 11) is 1.10. The summed E-state index contributed by atoms with van der Waals surface area (Å²) in [6.07, 6.45) is 1.06. The van der Waals surface area contributed by atoms with Gasteiger partial charge in [-0.25, -0.2) is 4.79 Å². The molecule has 2 heterocycles. The maximum absolute atomic E-state index is 12.7. The summed E-state index contributed by atoms with van der Waals surface area (Å²) in [4.78, 5) is 60.8. The molecule has 1 saturated heterocycles. The van der Waals surface area contributed by atoms with Crippen LogP contribution < -0.4 is 10.5 Å². The van der Waals surface area contributed by atoms with Gasteiger partial charge in [0.15, 0.2) is 0 Å². The Morgan fingerprint density at radius 2 is 1.66 bits per heavy atom. The maximum atomic E-state index is 12.7. The lowest BCUT2D eigenvalue weighted by Crippen LogP contribution is -2.50. The molecule has 3 rings (SSSR count). The maximum Gasteiger partial charge on any atom is 0.339 e. The predicted molar refractivity (Wildman–Crippen MR) is 111 cm³/mol. The number of carbonyl (C=O) groups excluding carboxylic acids is 2. The van der Waals surface area contributed by atoms with Gasteiger partial charge in [0.1, 0.15) is 6.54 Å². The van der Waals surface area contributed by atoms with Crippen molar-refractivity contribution in [1.82, 2.24) is 9.47 Å². The van der Waals surface area contributed by atoms with Crippen molar-refractivity contribution in [2.45, 2.75) is 6.54 Å². The number of hydrogen-bond donors (Lipinski definition) is 0.